The van der Waals surface area contributed by atoms with Gasteiger partial charge in [-0.3, -0.25) is 4.57 Å². The molecule has 2 aromatic carbocycles. The highest BCUT2D eigenvalue weighted by atomic mass is 19.1. The van der Waals surface area contributed by atoms with Gasteiger partial charge < -0.3 is 9.64 Å². The average Bonchev–Trinajstić information content (AvgIpc) is 3.06. The first-order valence-corrected chi connectivity index (χ1v) is 8.50. The van der Waals surface area contributed by atoms with Crippen LogP contribution in [0.2, 0.25) is 0 Å². The molecule has 0 N–H and O–H groups in total. The quantitative estimate of drug-likeness (QED) is 0.697. The molecule has 3 aromatic rings. The number of methoxy groups -OCH3 is 1. The molecule has 0 radical (unpaired) electrons. The van der Waals surface area contributed by atoms with Gasteiger partial charge >= 0.3 is 0 Å². The second-order valence-corrected chi connectivity index (χ2v) is 5.98. The number of aromatic nitrogens is 2. The summed E-state index contributed by atoms with van der Waals surface area (Å²) < 4.78 is 21.3. The Bertz CT molecular complexity index is 991. The molecule has 26 heavy (non-hydrogen) atoms. The van der Waals surface area contributed by atoms with Crippen molar-refractivity contribution in [3.8, 4) is 5.75 Å². The molecule has 1 aromatic heterocycles. The highest BCUT2D eigenvalue weighted by Gasteiger charge is 2.26. The molecule has 1 unspecified atom stereocenters. The van der Waals surface area contributed by atoms with E-state index >= 15 is 0 Å². The Morgan fingerprint density at radius 3 is 2.62 bits per heavy atom. The first-order chi connectivity index (χ1) is 12.7. The molecule has 0 saturated heterocycles. The van der Waals surface area contributed by atoms with E-state index in [1.54, 1.807) is 7.11 Å². The number of benzene rings is 2. The highest BCUT2D eigenvalue weighted by Crippen LogP contribution is 2.33. The molecule has 1 aliphatic rings. The van der Waals surface area contributed by atoms with E-state index in [4.69, 9.17) is 9.72 Å². The third-order valence-electron chi connectivity index (χ3n) is 4.43. The van der Waals surface area contributed by atoms with Gasteiger partial charge in [-0.2, -0.15) is 0 Å². The monoisotopic (exact) mass is 350 g/mol. The predicted molar refractivity (Wildman–Crippen MR) is 101 cm³/mol. The van der Waals surface area contributed by atoms with Crippen LogP contribution >= 0.6 is 0 Å². The zero-order valence-electron chi connectivity index (χ0n) is 14.6. The molecule has 2 heterocycles. The maximum absolute atomic E-state index is 14.0. The topological polar surface area (TPSA) is 42.7 Å². The lowest BCUT2D eigenvalue weighted by molar-refractivity contribution is 0.414. The number of aliphatic imine (C=N–C) groups is 1. The first kappa shape index (κ1) is 16.3. The van der Waals surface area contributed by atoms with Crippen molar-refractivity contribution < 1.29 is 9.13 Å². The molecule has 0 aliphatic carbocycles. The number of halogens is 1. The third-order valence-corrected chi connectivity index (χ3v) is 4.43. The van der Waals surface area contributed by atoms with Gasteiger partial charge in [0.1, 0.15) is 11.6 Å². The van der Waals surface area contributed by atoms with Gasteiger partial charge in [-0.05, 0) is 36.4 Å². The summed E-state index contributed by atoms with van der Waals surface area (Å²) in [5.74, 6) is 1.26. The number of para-hydroxylation sites is 2. The summed E-state index contributed by atoms with van der Waals surface area (Å²) in [6.45, 7) is 2.05. The first-order valence-electron chi connectivity index (χ1n) is 8.50. The van der Waals surface area contributed by atoms with E-state index in [1.807, 2.05) is 53.4 Å². The molecule has 132 valence electrons. The van der Waals surface area contributed by atoms with Gasteiger partial charge in [-0.15, -0.1) is 0 Å². The van der Waals surface area contributed by atoms with Crippen molar-refractivity contribution in [3.05, 3.63) is 66.4 Å². The van der Waals surface area contributed by atoms with Crippen LogP contribution < -0.4 is 9.64 Å². The number of imidazole rings is 1. The van der Waals surface area contributed by atoms with Crippen molar-refractivity contribution in [1.82, 2.24) is 9.55 Å². The van der Waals surface area contributed by atoms with Crippen molar-refractivity contribution in [2.45, 2.75) is 19.6 Å². The zero-order chi connectivity index (χ0) is 18.1. The number of rotatable bonds is 4. The molecule has 0 fully saturated rings. The van der Waals surface area contributed by atoms with E-state index in [0.717, 1.165) is 34.7 Å². The Hall–Kier alpha value is -3.15. The van der Waals surface area contributed by atoms with Crippen LogP contribution in [0, 0.1) is 0 Å². The fraction of sp³-hybridized carbons (Fsp3) is 0.200. The van der Waals surface area contributed by atoms with Crippen LogP contribution in [0.15, 0.2) is 65.6 Å². The van der Waals surface area contributed by atoms with E-state index < -0.39 is 6.29 Å². The van der Waals surface area contributed by atoms with Gasteiger partial charge in [0.05, 0.1) is 24.4 Å². The Kier molecular flexibility index (Phi) is 4.16. The minimum absolute atomic E-state index is 0.389. The number of aryl methyl sites for hydroxylation is 1. The van der Waals surface area contributed by atoms with Gasteiger partial charge in [0.15, 0.2) is 5.83 Å². The number of ether oxygens (including phenoxy) is 1. The Labute approximate surface area is 151 Å². The molecular weight excluding hydrogens is 331 g/mol. The summed E-state index contributed by atoms with van der Waals surface area (Å²) in [4.78, 5) is 11.0. The Balaban J connectivity index is 1.85. The largest absolute Gasteiger partial charge is 0.497 e. The SMILES string of the molecule is CCc1nc2ccccc2n1C1N=CC(F)=CN1c1ccc(OC)cc1. The predicted octanol–water partition coefficient (Wildman–Crippen LogP) is 4.47. The lowest BCUT2D eigenvalue weighted by Crippen LogP contribution is -2.30. The number of allylic oxidation sites excluding steroid dienone is 1. The third kappa shape index (κ3) is 2.73. The lowest BCUT2D eigenvalue weighted by atomic mass is 10.2. The molecule has 0 spiro atoms. The molecular formula is C20H19FN4O. The Morgan fingerprint density at radius 2 is 1.88 bits per heavy atom. The minimum atomic E-state index is -0.440. The summed E-state index contributed by atoms with van der Waals surface area (Å²) in [6, 6.07) is 15.4. The van der Waals surface area contributed by atoms with Crippen LogP contribution in [0.4, 0.5) is 10.1 Å². The van der Waals surface area contributed by atoms with E-state index in [1.165, 1.54) is 12.4 Å². The summed E-state index contributed by atoms with van der Waals surface area (Å²) >= 11 is 0. The normalized spacial score (nSPS) is 16.8. The number of fused-ring (bicyclic) bond motifs is 1. The molecule has 1 aliphatic heterocycles. The number of anilines is 1. The molecule has 4 rings (SSSR count). The molecule has 5 nitrogen and oxygen atoms in total. The van der Waals surface area contributed by atoms with Crippen molar-refractivity contribution >= 4 is 22.9 Å². The van der Waals surface area contributed by atoms with Crippen LogP contribution in [0.5, 0.6) is 5.75 Å². The highest BCUT2D eigenvalue weighted by molar-refractivity contribution is 5.80. The summed E-state index contributed by atoms with van der Waals surface area (Å²) in [5, 5.41) is 0. The van der Waals surface area contributed by atoms with Gasteiger partial charge in [0.2, 0.25) is 6.29 Å². The van der Waals surface area contributed by atoms with Crippen LogP contribution in [-0.2, 0) is 6.42 Å². The summed E-state index contributed by atoms with van der Waals surface area (Å²) in [7, 11) is 1.62. The van der Waals surface area contributed by atoms with E-state index in [2.05, 4.69) is 16.5 Å². The van der Waals surface area contributed by atoms with Crippen LogP contribution in [0.25, 0.3) is 11.0 Å². The fourth-order valence-electron chi connectivity index (χ4n) is 3.20. The van der Waals surface area contributed by atoms with E-state index in [-0.39, 0.29) is 5.83 Å². The van der Waals surface area contributed by atoms with Crippen molar-refractivity contribution in [2.24, 2.45) is 4.99 Å². The van der Waals surface area contributed by atoms with Crippen LogP contribution in [-0.4, -0.2) is 22.9 Å². The number of hydrogen-bond acceptors (Lipinski definition) is 4. The molecule has 0 amide bonds. The van der Waals surface area contributed by atoms with E-state index in [9.17, 15) is 4.39 Å². The second kappa shape index (κ2) is 6.63. The average molecular weight is 350 g/mol. The van der Waals surface area contributed by atoms with Crippen molar-refractivity contribution in [2.75, 3.05) is 12.0 Å². The fourth-order valence-corrected chi connectivity index (χ4v) is 3.20. The van der Waals surface area contributed by atoms with Gasteiger partial charge in [0, 0.05) is 18.3 Å². The van der Waals surface area contributed by atoms with E-state index in [0.29, 0.717) is 0 Å². The smallest absolute Gasteiger partial charge is 0.208 e. The summed E-state index contributed by atoms with van der Waals surface area (Å²) in [5.41, 5.74) is 2.70. The maximum atomic E-state index is 14.0. The molecule has 1 atom stereocenters. The minimum Gasteiger partial charge on any atom is -0.497 e. The summed E-state index contributed by atoms with van der Waals surface area (Å²) in [6.07, 6.45) is 3.04. The Morgan fingerprint density at radius 1 is 1.12 bits per heavy atom. The molecule has 6 heteroatoms. The molecule has 0 bridgehead atoms. The van der Waals surface area contributed by atoms with Gasteiger partial charge in [0.25, 0.3) is 0 Å². The van der Waals surface area contributed by atoms with Gasteiger partial charge in [-0.1, -0.05) is 19.1 Å². The van der Waals surface area contributed by atoms with Crippen LogP contribution in [0.3, 0.4) is 0 Å². The standard InChI is InChI=1S/C20H19FN4O/c1-3-19-23-17-6-4-5-7-18(17)25(19)20-22-12-14(21)13-24(20)15-8-10-16(26-2)11-9-15/h4-13,20H,3H2,1-2H3. The maximum Gasteiger partial charge on any atom is 0.208 e. The second-order valence-electron chi connectivity index (χ2n) is 5.98. The van der Waals surface area contributed by atoms with Crippen LogP contribution in [0.1, 0.15) is 19.0 Å². The molecule has 0 saturated carbocycles. The number of hydrogen-bond donors (Lipinski definition) is 0. The van der Waals surface area contributed by atoms with Crippen molar-refractivity contribution in [3.63, 3.8) is 0 Å². The van der Waals surface area contributed by atoms with Crippen molar-refractivity contribution in [1.29, 1.82) is 0 Å². The van der Waals surface area contributed by atoms with Gasteiger partial charge in [-0.25, -0.2) is 14.4 Å². The zero-order valence-corrected chi connectivity index (χ0v) is 14.6. The number of nitrogens with zero attached hydrogens (tertiary/aromatic N) is 4. The lowest BCUT2D eigenvalue weighted by Gasteiger charge is -2.32.